The number of rotatable bonds is 8. The number of fused-ring (bicyclic) bond motifs is 1. The number of ether oxygens (including phenoxy) is 1. The number of methoxy groups -OCH3 is 1. The van der Waals surface area contributed by atoms with Crippen molar-refractivity contribution in [3.8, 4) is 0 Å². The highest BCUT2D eigenvalue weighted by molar-refractivity contribution is 5.86. The first-order chi connectivity index (χ1) is 13.5. The highest BCUT2D eigenvalue weighted by atomic mass is 16.6. The third-order valence-corrected chi connectivity index (χ3v) is 4.83. The van der Waals surface area contributed by atoms with E-state index in [9.17, 15) is 14.9 Å². The molecule has 1 heterocycles. The number of hydrogen-bond acceptors (Lipinski definition) is 4. The summed E-state index contributed by atoms with van der Waals surface area (Å²) in [4.78, 5) is 23.1. The molecule has 0 aliphatic heterocycles. The van der Waals surface area contributed by atoms with Crippen LogP contribution in [0, 0.1) is 10.1 Å². The summed E-state index contributed by atoms with van der Waals surface area (Å²) in [5.41, 5.74) is 2.99. The van der Waals surface area contributed by atoms with Gasteiger partial charge in [-0.2, -0.15) is 0 Å². The minimum Gasteiger partial charge on any atom is -0.383 e. The van der Waals surface area contributed by atoms with Gasteiger partial charge in [0.25, 0.3) is 5.69 Å². The average Bonchev–Trinajstić information content (AvgIpc) is 3.03. The van der Waals surface area contributed by atoms with Crippen LogP contribution in [0.5, 0.6) is 0 Å². The first-order valence-corrected chi connectivity index (χ1v) is 9.05. The predicted octanol–water partition coefficient (Wildman–Crippen LogP) is 3.37. The quantitative estimate of drug-likeness (QED) is 0.368. The van der Waals surface area contributed by atoms with Gasteiger partial charge in [-0.3, -0.25) is 14.9 Å². The van der Waals surface area contributed by atoms with Crippen LogP contribution in [-0.4, -0.2) is 35.7 Å². The summed E-state index contributed by atoms with van der Waals surface area (Å²) in [5.74, 6) is -0.303. The second-order valence-corrected chi connectivity index (χ2v) is 6.66. The van der Waals surface area contributed by atoms with Crippen molar-refractivity contribution < 1.29 is 14.5 Å². The third kappa shape index (κ3) is 4.20. The number of nitro groups is 1. The molecule has 3 rings (SSSR count). The van der Waals surface area contributed by atoms with E-state index in [4.69, 9.17) is 4.74 Å². The summed E-state index contributed by atoms with van der Waals surface area (Å²) in [7, 11) is 3.55. The van der Waals surface area contributed by atoms with E-state index in [1.807, 2.05) is 42.1 Å². The number of benzene rings is 2. The van der Waals surface area contributed by atoms with Gasteiger partial charge < -0.3 is 14.6 Å². The minimum atomic E-state index is -0.422. The smallest absolute Gasteiger partial charge is 0.269 e. The van der Waals surface area contributed by atoms with Gasteiger partial charge in [0.05, 0.1) is 11.5 Å². The molecule has 2 aromatic carbocycles. The summed E-state index contributed by atoms with van der Waals surface area (Å²) >= 11 is 0. The van der Waals surface area contributed by atoms with E-state index in [1.54, 1.807) is 19.2 Å². The van der Waals surface area contributed by atoms with Crippen molar-refractivity contribution in [1.29, 1.82) is 0 Å². The molecular weight excluding hydrogens is 358 g/mol. The van der Waals surface area contributed by atoms with Crippen molar-refractivity contribution in [2.45, 2.75) is 12.3 Å². The number of para-hydroxylation sites is 1. The number of amides is 1. The Kier molecular flexibility index (Phi) is 6.06. The van der Waals surface area contributed by atoms with E-state index in [2.05, 4.69) is 5.32 Å². The van der Waals surface area contributed by atoms with Crippen LogP contribution >= 0.6 is 0 Å². The van der Waals surface area contributed by atoms with E-state index in [0.29, 0.717) is 13.2 Å². The highest BCUT2D eigenvalue weighted by Crippen LogP contribution is 2.35. The summed E-state index contributed by atoms with van der Waals surface area (Å²) in [6.45, 7) is 0.889. The standard InChI is InChI=1S/C21H23N3O4/c1-23-14-19(17-5-3-4-6-20(17)23)18(13-21(25)22-11-12-28-2)15-7-9-16(10-8-15)24(26)27/h3-10,14,18H,11-13H2,1-2H3,(H,22,25)/t18-/m1/s1. The number of non-ortho nitro benzene ring substituents is 1. The second-order valence-electron chi connectivity index (χ2n) is 6.66. The fourth-order valence-electron chi connectivity index (χ4n) is 3.44. The predicted molar refractivity (Wildman–Crippen MR) is 107 cm³/mol. The first kappa shape index (κ1) is 19.6. The Hall–Kier alpha value is -3.19. The van der Waals surface area contributed by atoms with E-state index >= 15 is 0 Å². The lowest BCUT2D eigenvalue weighted by Gasteiger charge is -2.17. The number of aromatic nitrogens is 1. The number of nitrogens with one attached hydrogen (secondary N) is 1. The van der Waals surface area contributed by atoms with Gasteiger partial charge >= 0.3 is 0 Å². The Morgan fingerprint density at radius 2 is 1.93 bits per heavy atom. The Morgan fingerprint density at radius 1 is 1.21 bits per heavy atom. The maximum absolute atomic E-state index is 12.5. The van der Waals surface area contributed by atoms with E-state index in [1.165, 1.54) is 12.1 Å². The molecule has 1 atom stereocenters. The average molecular weight is 381 g/mol. The van der Waals surface area contributed by atoms with Gasteiger partial charge in [-0.15, -0.1) is 0 Å². The molecule has 7 heteroatoms. The van der Waals surface area contributed by atoms with Crippen molar-refractivity contribution in [1.82, 2.24) is 9.88 Å². The lowest BCUT2D eigenvalue weighted by molar-refractivity contribution is -0.384. The Morgan fingerprint density at radius 3 is 2.61 bits per heavy atom. The lowest BCUT2D eigenvalue weighted by atomic mass is 9.88. The summed E-state index contributed by atoms with van der Waals surface area (Å²) in [6.07, 6.45) is 2.27. The Balaban J connectivity index is 1.98. The van der Waals surface area contributed by atoms with Crippen LogP contribution in [0.4, 0.5) is 5.69 Å². The molecule has 0 fully saturated rings. The molecule has 0 bridgehead atoms. The molecule has 0 spiro atoms. The van der Waals surface area contributed by atoms with Crippen LogP contribution in [-0.2, 0) is 16.6 Å². The molecular formula is C21H23N3O4. The molecule has 0 unspecified atom stereocenters. The molecule has 0 saturated carbocycles. The van der Waals surface area contributed by atoms with E-state index in [-0.39, 0.29) is 23.9 Å². The Labute approximate surface area is 163 Å². The maximum atomic E-state index is 12.5. The Bertz CT molecular complexity index is 979. The topological polar surface area (TPSA) is 86.4 Å². The number of carbonyl (C=O) groups is 1. The summed E-state index contributed by atoms with van der Waals surface area (Å²) < 4.78 is 7.01. The molecule has 1 N–H and O–H groups in total. The fourth-order valence-corrected chi connectivity index (χ4v) is 3.44. The molecule has 1 amide bonds. The van der Waals surface area contributed by atoms with Gasteiger partial charge in [0, 0.05) is 62.3 Å². The molecule has 146 valence electrons. The molecule has 0 radical (unpaired) electrons. The third-order valence-electron chi connectivity index (χ3n) is 4.83. The molecule has 7 nitrogen and oxygen atoms in total. The van der Waals surface area contributed by atoms with Crippen molar-refractivity contribution in [2.24, 2.45) is 7.05 Å². The van der Waals surface area contributed by atoms with Crippen LogP contribution in [0.3, 0.4) is 0 Å². The maximum Gasteiger partial charge on any atom is 0.269 e. The lowest BCUT2D eigenvalue weighted by Crippen LogP contribution is -2.28. The first-order valence-electron chi connectivity index (χ1n) is 9.05. The molecule has 0 saturated heterocycles. The van der Waals surface area contributed by atoms with Crippen LogP contribution in [0.15, 0.2) is 54.7 Å². The van der Waals surface area contributed by atoms with Crippen LogP contribution in [0.25, 0.3) is 10.9 Å². The van der Waals surface area contributed by atoms with Crippen LogP contribution in [0.1, 0.15) is 23.5 Å². The SMILES string of the molecule is COCCNC(=O)C[C@H](c1ccc([N+](=O)[O-])cc1)c1cn(C)c2ccccc12. The van der Waals surface area contributed by atoms with Gasteiger partial charge in [-0.1, -0.05) is 30.3 Å². The highest BCUT2D eigenvalue weighted by Gasteiger charge is 2.23. The zero-order chi connectivity index (χ0) is 20.1. The number of aryl methyl sites for hydroxylation is 1. The largest absolute Gasteiger partial charge is 0.383 e. The second kappa shape index (κ2) is 8.67. The number of nitrogens with zero attached hydrogens (tertiary/aromatic N) is 2. The van der Waals surface area contributed by atoms with Gasteiger partial charge in [0.15, 0.2) is 0 Å². The van der Waals surface area contributed by atoms with Crippen molar-refractivity contribution in [3.63, 3.8) is 0 Å². The van der Waals surface area contributed by atoms with Crippen molar-refractivity contribution in [3.05, 3.63) is 76.0 Å². The van der Waals surface area contributed by atoms with Gasteiger partial charge in [-0.05, 0) is 17.2 Å². The summed E-state index contributed by atoms with van der Waals surface area (Å²) in [5, 5.41) is 14.9. The number of hydrogen-bond donors (Lipinski definition) is 1. The van der Waals surface area contributed by atoms with E-state index in [0.717, 1.165) is 22.0 Å². The van der Waals surface area contributed by atoms with Gasteiger partial charge in [-0.25, -0.2) is 0 Å². The van der Waals surface area contributed by atoms with Crippen LogP contribution < -0.4 is 5.32 Å². The molecule has 3 aromatic rings. The van der Waals surface area contributed by atoms with Gasteiger partial charge in [0.2, 0.25) is 5.91 Å². The summed E-state index contributed by atoms with van der Waals surface area (Å²) in [6, 6.07) is 14.4. The monoisotopic (exact) mass is 381 g/mol. The molecule has 28 heavy (non-hydrogen) atoms. The number of nitro benzene ring substituents is 1. The van der Waals surface area contributed by atoms with Crippen molar-refractivity contribution >= 4 is 22.5 Å². The normalized spacial score (nSPS) is 12.1. The van der Waals surface area contributed by atoms with Crippen molar-refractivity contribution in [2.75, 3.05) is 20.3 Å². The molecule has 0 aliphatic carbocycles. The molecule has 1 aromatic heterocycles. The number of carbonyl (C=O) groups excluding carboxylic acids is 1. The minimum absolute atomic E-state index is 0.0324. The molecule has 0 aliphatic rings. The van der Waals surface area contributed by atoms with Crippen LogP contribution in [0.2, 0.25) is 0 Å². The zero-order valence-corrected chi connectivity index (χ0v) is 15.9. The zero-order valence-electron chi connectivity index (χ0n) is 15.9. The van der Waals surface area contributed by atoms with Gasteiger partial charge in [0.1, 0.15) is 0 Å². The van der Waals surface area contributed by atoms with E-state index < -0.39 is 4.92 Å². The fraction of sp³-hybridized carbons (Fsp3) is 0.286.